The van der Waals surface area contributed by atoms with Crippen molar-refractivity contribution < 1.29 is 18.0 Å². The highest BCUT2D eigenvalue weighted by Crippen LogP contribution is 2.37. The van der Waals surface area contributed by atoms with Crippen molar-refractivity contribution in [2.24, 2.45) is 5.73 Å². The van der Waals surface area contributed by atoms with Crippen molar-refractivity contribution >= 4 is 45.8 Å². The number of hydrogen-bond acceptors (Lipinski definition) is 4. The SMILES string of the molecule is NC(=O)N1CC(c2ccnc(Cl)c2)C1CNc1cc(C(F)(F)F)nc2ccc(Cl)cc12. The van der Waals surface area contributed by atoms with Crippen LogP contribution in [0.4, 0.5) is 23.7 Å². The molecule has 1 fully saturated rings. The predicted molar refractivity (Wildman–Crippen MR) is 112 cm³/mol. The number of likely N-dealkylation sites (tertiary alicyclic amines) is 1. The number of aromatic nitrogens is 2. The van der Waals surface area contributed by atoms with Gasteiger partial charge in [0.15, 0.2) is 0 Å². The van der Waals surface area contributed by atoms with Crippen LogP contribution in [-0.2, 0) is 6.18 Å². The van der Waals surface area contributed by atoms with Crippen LogP contribution in [0.2, 0.25) is 10.2 Å². The summed E-state index contributed by atoms with van der Waals surface area (Å²) in [5.74, 6) is -0.0979. The van der Waals surface area contributed by atoms with Gasteiger partial charge in [-0.15, -0.1) is 0 Å². The number of nitrogens with two attached hydrogens (primary N) is 1. The maximum atomic E-state index is 13.3. The van der Waals surface area contributed by atoms with Gasteiger partial charge in [0.25, 0.3) is 0 Å². The first-order valence-corrected chi connectivity index (χ1v) is 9.98. The van der Waals surface area contributed by atoms with Crippen molar-refractivity contribution in [1.82, 2.24) is 14.9 Å². The average Bonchev–Trinajstić information content (AvgIpc) is 2.66. The lowest BCUT2D eigenvalue weighted by molar-refractivity contribution is -0.140. The second-order valence-corrected chi connectivity index (χ2v) is 8.00. The number of carbonyl (C=O) groups excluding carboxylic acids is 1. The minimum atomic E-state index is -4.61. The van der Waals surface area contributed by atoms with Gasteiger partial charge in [0.05, 0.1) is 11.6 Å². The summed E-state index contributed by atoms with van der Waals surface area (Å²) in [4.78, 5) is 20.9. The van der Waals surface area contributed by atoms with Gasteiger partial charge in [-0.2, -0.15) is 13.2 Å². The van der Waals surface area contributed by atoms with Gasteiger partial charge in [-0.1, -0.05) is 23.2 Å². The topological polar surface area (TPSA) is 84.1 Å². The molecule has 0 spiro atoms. The lowest BCUT2D eigenvalue weighted by Crippen LogP contribution is -2.61. The number of urea groups is 1. The number of nitrogens with one attached hydrogen (secondary N) is 1. The van der Waals surface area contributed by atoms with Crippen LogP contribution >= 0.6 is 23.2 Å². The summed E-state index contributed by atoms with van der Waals surface area (Å²) in [5.41, 5.74) is 5.67. The molecule has 0 bridgehead atoms. The Bertz CT molecular complexity index is 1160. The quantitative estimate of drug-likeness (QED) is 0.531. The van der Waals surface area contributed by atoms with Crippen LogP contribution in [0.15, 0.2) is 42.6 Å². The second-order valence-electron chi connectivity index (χ2n) is 7.17. The third-order valence-electron chi connectivity index (χ3n) is 5.28. The smallest absolute Gasteiger partial charge is 0.382 e. The maximum Gasteiger partial charge on any atom is 0.433 e. The van der Waals surface area contributed by atoms with Crippen molar-refractivity contribution in [2.75, 3.05) is 18.4 Å². The lowest BCUT2D eigenvalue weighted by Gasteiger charge is -2.47. The van der Waals surface area contributed by atoms with Gasteiger partial charge in [-0.3, -0.25) is 0 Å². The van der Waals surface area contributed by atoms with Crippen molar-refractivity contribution in [2.45, 2.75) is 18.1 Å². The van der Waals surface area contributed by atoms with Gasteiger partial charge in [0.2, 0.25) is 0 Å². The molecule has 1 aliphatic heterocycles. The molecule has 3 N–H and O–H groups in total. The number of nitrogens with zero attached hydrogens (tertiary/aromatic N) is 3. The molecule has 6 nitrogen and oxygen atoms in total. The Hall–Kier alpha value is -2.78. The average molecular weight is 470 g/mol. The molecule has 4 rings (SSSR count). The number of benzene rings is 1. The molecule has 1 aliphatic rings. The summed E-state index contributed by atoms with van der Waals surface area (Å²) in [7, 11) is 0. The van der Waals surface area contributed by atoms with E-state index in [1.165, 1.54) is 17.0 Å². The minimum Gasteiger partial charge on any atom is -0.382 e. The highest BCUT2D eigenvalue weighted by molar-refractivity contribution is 6.31. The molecule has 11 heteroatoms. The summed E-state index contributed by atoms with van der Waals surface area (Å²) < 4.78 is 40.0. The van der Waals surface area contributed by atoms with Crippen molar-refractivity contribution in [3.8, 4) is 0 Å². The maximum absolute atomic E-state index is 13.3. The molecule has 0 aliphatic carbocycles. The highest BCUT2D eigenvalue weighted by atomic mass is 35.5. The van der Waals surface area contributed by atoms with Crippen LogP contribution in [0.5, 0.6) is 0 Å². The molecule has 3 aromatic rings. The summed E-state index contributed by atoms with van der Waals surface area (Å²) in [6.45, 7) is 0.537. The van der Waals surface area contributed by atoms with Gasteiger partial charge in [0, 0.05) is 41.3 Å². The number of rotatable bonds is 4. The summed E-state index contributed by atoms with van der Waals surface area (Å²) in [5, 5.41) is 4.15. The van der Waals surface area contributed by atoms with E-state index in [1.54, 1.807) is 24.4 Å². The van der Waals surface area contributed by atoms with E-state index in [4.69, 9.17) is 28.9 Å². The number of fused-ring (bicyclic) bond motifs is 1. The molecular formula is C20H16Cl2F3N5O. The van der Waals surface area contributed by atoms with E-state index in [1.807, 2.05) is 0 Å². The summed E-state index contributed by atoms with van der Waals surface area (Å²) in [6.07, 6.45) is -3.06. The van der Waals surface area contributed by atoms with Gasteiger partial charge in [-0.05, 0) is 42.0 Å². The number of pyridine rings is 2. The number of alkyl halides is 3. The second kappa shape index (κ2) is 8.05. The van der Waals surface area contributed by atoms with Crippen molar-refractivity contribution in [1.29, 1.82) is 0 Å². The first-order chi connectivity index (χ1) is 14.6. The number of anilines is 1. The zero-order chi connectivity index (χ0) is 22.3. The zero-order valence-corrected chi connectivity index (χ0v) is 17.3. The summed E-state index contributed by atoms with van der Waals surface area (Å²) >= 11 is 12.0. The monoisotopic (exact) mass is 469 g/mol. The van der Waals surface area contributed by atoms with E-state index in [0.717, 1.165) is 11.6 Å². The van der Waals surface area contributed by atoms with E-state index < -0.39 is 17.9 Å². The molecule has 162 valence electrons. The third kappa shape index (κ3) is 4.33. The highest BCUT2D eigenvalue weighted by Gasteiger charge is 2.42. The number of carbonyl (C=O) groups is 1. The molecule has 1 aromatic carbocycles. The van der Waals surface area contributed by atoms with Crippen LogP contribution in [0.25, 0.3) is 10.9 Å². The zero-order valence-electron chi connectivity index (χ0n) is 15.8. The summed E-state index contributed by atoms with van der Waals surface area (Å²) in [6, 6.07) is 7.87. The Morgan fingerprint density at radius 1 is 1.23 bits per heavy atom. The first-order valence-electron chi connectivity index (χ1n) is 9.22. The normalized spacial score (nSPS) is 18.7. The fourth-order valence-corrected chi connectivity index (χ4v) is 4.09. The van der Waals surface area contributed by atoms with Gasteiger partial charge in [-0.25, -0.2) is 14.8 Å². The minimum absolute atomic E-state index is 0.0979. The van der Waals surface area contributed by atoms with Crippen molar-refractivity contribution in [3.05, 3.63) is 64.0 Å². The van der Waals surface area contributed by atoms with Crippen LogP contribution in [-0.4, -0.2) is 40.0 Å². The molecule has 1 saturated heterocycles. The number of primary amides is 1. The van der Waals surface area contributed by atoms with Crippen LogP contribution in [0, 0.1) is 0 Å². The molecule has 2 aromatic heterocycles. The number of halogens is 5. The van der Waals surface area contributed by atoms with Crippen LogP contribution in [0.3, 0.4) is 0 Å². The largest absolute Gasteiger partial charge is 0.433 e. The molecular weight excluding hydrogens is 454 g/mol. The van der Waals surface area contributed by atoms with E-state index in [-0.39, 0.29) is 29.7 Å². The van der Waals surface area contributed by atoms with Gasteiger partial charge < -0.3 is 16.0 Å². The van der Waals surface area contributed by atoms with Gasteiger partial charge >= 0.3 is 12.2 Å². The molecule has 2 atom stereocenters. The Balaban J connectivity index is 1.66. The van der Waals surface area contributed by atoms with E-state index in [0.29, 0.717) is 22.1 Å². The fourth-order valence-electron chi connectivity index (χ4n) is 3.73. The number of hydrogen-bond donors (Lipinski definition) is 2. The Kier molecular flexibility index (Phi) is 5.57. The standard InChI is InChI=1S/C20H16Cl2F3N5O/c21-11-1-2-14-12(6-11)15(7-17(29-14)20(23,24)25)28-8-16-13(9-30(16)19(26)31)10-3-4-27-18(22)5-10/h1-7,13,16H,8-9H2,(H2,26,31)(H,28,29). The molecule has 2 amide bonds. The number of amides is 2. The molecule has 0 saturated carbocycles. The molecule has 31 heavy (non-hydrogen) atoms. The first kappa shape index (κ1) is 21.5. The molecule has 0 radical (unpaired) electrons. The Labute approximate surface area is 185 Å². The van der Waals surface area contributed by atoms with E-state index in [2.05, 4.69) is 15.3 Å². The molecule has 3 heterocycles. The van der Waals surface area contributed by atoms with Gasteiger partial charge in [0.1, 0.15) is 10.8 Å². The predicted octanol–water partition coefficient (Wildman–Crippen LogP) is 4.91. The lowest BCUT2D eigenvalue weighted by atomic mass is 9.83. The third-order valence-corrected chi connectivity index (χ3v) is 5.72. The molecule has 2 unspecified atom stereocenters. The Morgan fingerprint density at radius 2 is 2.00 bits per heavy atom. The Morgan fingerprint density at radius 3 is 2.68 bits per heavy atom. The fraction of sp³-hybridized carbons (Fsp3) is 0.250. The van der Waals surface area contributed by atoms with Crippen molar-refractivity contribution in [3.63, 3.8) is 0 Å². The van der Waals surface area contributed by atoms with E-state index >= 15 is 0 Å². The van der Waals surface area contributed by atoms with Crippen LogP contribution in [0.1, 0.15) is 17.2 Å². The van der Waals surface area contributed by atoms with Crippen LogP contribution < -0.4 is 11.1 Å². The van der Waals surface area contributed by atoms with E-state index in [9.17, 15) is 18.0 Å².